The lowest BCUT2D eigenvalue weighted by Gasteiger charge is -1.98. The van der Waals surface area contributed by atoms with Gasteiger partial charge in [0, 0.05) is 18.7 Å². The van der Waals surface area contributed by atoms with Gasteiger partial charge in [-0.25, -0.2) is 9.48 Å². The Morgan fingerprint density at radius 2 is 1.94 bits per heavy atom. The zero-order chi connectivity index (χ0) is 12.7. The first kappa shape index (κ1) is 10.8. The van der Waals surface area contributed by atoms with Crippen LogP contribution in [0, 0.1) is 6.92 Å². The number of nitrogens with zero attached hydrogens (tertiary/aromatic N) is 2. The van der Waals surface area contributed by atoms with Crippen molar-refractivity contribution in [3.8, 4) is 11.3 Å². The van der Waals surface area contributed by atoms with Gasteiger partial charge in [0.05, 0.1) is 5.39 Å². The largest absolute Gasteiger partial charge is 0.404 e. The quantitative estimate of drug-likeness (QED) is 0.656. The summed E-state index contributed by atoms with van der Waals surface area (Å²) >= 11 is 0. The molecule has 90 valence electrons. The van der Waals surface area contributed by atoms with Crippen LogP contribution in [0.1, 0.15) is 5.56 Å². The van der Waals surface area contributed by atoms with E-state index in [-0.39, 0.29) is 5.63 Å². The maximum absolute atomic E-state index is 11.4. The maximum Gasteiger partial charge on any atom is 0.337 e. The first-order valence-corrected chi connectivity index (χ1v) is 5.69. The third kappa shape index (κ3) is 1.54. The van der Waals surface area contributed by atoms with E-state index in [9.17, 15) is 4.79 Å². The van der Waals surface area contributed by atoms with Crippen molar-refractivity contribution in [1.82, 2.24) is 9.78 Å². The average molecular weight is 240 g/mol. The number of rotatable bonds is 1. The Labute approximate surface area is 103 Å². The van der Waals surface area contributed by atoms with Crippen LogP contribution >= 0.6 is 0 Å². The second-order valence-corrected chi connectivity index (χ2v) is 4.27. The molecule has 0 radical (unpaired) electrons. The van der Waals surface area contributed by atoms with Crippen molar-refractivity contribution >= 4 is 11.1 Å². The third-order valence-corrected chi connectivity index (χ3v) is 2.97. The predicted octanol–water partition coefficient (Wildman–Crippen LogP) is 2.50. The molecule has 3 aromatic rings. The summed E-state index contributed by atoms with van der Waals surface area (Å²) in [7, 11) is 1.77. The smallest absolute Gasteiger partial charge is 0.337 e. The molecule has 0 saturated carbocycles. The fraction of sp³-hybridized carbons (Fsp3) is 0.143. The Morgan fingerprint density at radius 1 is 1.22 bits per heavy atom. The summed E-state index contributed by atoms with van der Waals surface area (Å²) in [6, 6.07) is 11.4. The molecule has 0 aliphatic heterocycles. The molecule has 0 amide bonds. The van der Waals surface area contributed by atoms with Gasteiger partial charge in [-0.2, -0.15) is 5.10 Å². The number of aryl methyl sites for hydroxylation is 2. The number of hydrogen-bond acceptors (Lipinski definition) is 3. The molecule has 1 aromatic carbocycles. The van der Waals surface area contributed by atoms with Crippen molar-refractivity contribution in [3.05, 3.63) is 52.4 Å². The highest BCUT2D eigenvalue weighted by molar-refractivity contribution is 5.92. The summed E-state index contributed by atoms with van der Waals surface area (Å²) in [4.78, 5) is 11.4. The SMILES string of the molecule is Cc1cc(=O)oc2c1c(-c1ccccc1)nn2C. The van der Waals surface area contributed by atoms with Crippen LogP contribution in [0.2, 0.25) is 0 Å². The zero-order valence-corrected chi connectivity index (χ0v) is 10.2. The van der Waals surface area contributed by atoms with Gasteiger partial charge in [0.25, 0.3) is 0 Å². The van der Waals surface area contributed by atoms with E-state index in [2.05, 4.69) is 5.10 Å². The lowest BCUT2D eigenvalue weighted by Crippen LogP contribution is -1.99. The molecule has 2 heterocycles. The topological polar surface area (TPSA) is 48.0 Å². The molecule has 4 nitrogen and oxygen atoms in total. The van der Waals surface area contributed by atoms with Crippen LogP contribution in [0.4, 0.5) is 0 Å². The fourth-order valence-electron chi connectivity index (χ4n) is 2.15. The van der Waals surface area contributed by atoms with Crippen LogP contribution in [-0.4, -0.2) is 9.78 Å². The van der Waals surface area contributed by atoms with E-state index in [0.717, 1.165) is 22.2 Å². The predicted molar refractivity (Wildman–Crippen MR) is 69.4 cm³/mol. The van der Waals surface area contributed by atoms with E-state index >= 15 is 0 Å². The highest BCUT2D eigenvalue weighted by atomic mass is 16.4. The van der Waals surface area contributed by atoms with Crippen LogP contribution < -0.4 is 5.63 Å². The minimum atomic E-state index is -0.345. The summed E-state index contributed by atoms with van der Waals surface area (Å²) in [6.07, 6.45) is 0. The van der Waals surface area contributed by atoms with E-state index in [1.54, 1.807) is 11.7 Å². The minimum Gasteiger partial charge on any atom is -0.404 e. The van der Waals surface area contributed by atoms with Crippen LogP contribution in [0.3, 0.4) is 0 Å². The molecule has 0 aliphatic carbocycles. The van der Waals surface area contributed by atoms with Gasteiger partial charge < -0.3 is 4.42 Å². The van der Waals surface area contributed by atoms with Gasteiger partial charge in [-0.1, -0.05) is 30.3 Å². The summed E-state index contributed by atoms with van der Waals surface area (Å²) in [6.45, 7) is 1.90. The molecule has 18 heavy (non-hydrogen) atoms. The number of aromatic nitrogens is 2. The molecule has 0 saturated heterocycles. The van der Waals surface area contributed by atoms with Gasteiger partial charge in [0.1, 0.15) is 5.69 Å². The summed E-state index contributed by atoms with van der Waals surface area (Å²) in [5, 5.41) is 5.34. The number of hydrogen-bond donors (Lipinski definition) is 0. The average Bonchev–Trinajstić information content (AvgIpc) is 2.68. The fourth-order valence-corrected chi connectivity index (χ4v) is 2.15. The first-order valence-electron chi connectivity index (χ1n) is 5.69. The van der Waals surface area contributed by atoms with Crippen LogP contribution in [0.25, 0.3) is 22.4 Å². The number of benzene rings is 1. The van der Waals surface area contributed by atoms with Gasteiger partial charge in [-0.3, -0.25) is 0 Å². The molecular weight excluding hydrogens is 228 g/mol. The second-order valence-electron chi connectivity index (χ2n) is 4.27. The zero-order valence-electron chi connectivity index (χ0n) is 10.2. The third-order valence-electron chi connectivity index (χ3n) is 2.97. The molecule has 3 rings (SSSR count). The lowest BCUT2D eigenvalue weighted by molar-refractivity contribution is 0.523. The Hall–Kier alpha value is -2.36. The number of fused-ring (bicyclic) bond motifs is 1. The van der Waals surface area contributed by atoms with Gasteiger partial charge in [-0.05, 0) is 12.5 Å². The Morgan fingerprint density at radius 3 is 2.67 bits per heavy atom. The molecule has 0 unspecified atom stereocenters. The first-order chi connectivity index (χ1) is 8.66. The van der Waals surface area contributed by atoms with Crippen molar-refractivity contribution in [3.63, 3.8) is 0 Å². The lowest BCUT2D eigenvalue weighted by atomic mass is 10.1. The van der Waals surface area contributed by atoms with E-state index in [4.69, 9.17) is 4.42 Å². The Kier molecular flexibility index (Phi) is 2.30. The highest BCUT2D eigenvalue weighted by Gasteiger charge is 2.15. The van der Waals surface area contributed by atoms with Crippen molar-refractivity contribution in [2.75, 3.05) is 0 Å². The molecule has 0 N–H and O–H groups in total. The van der Waals surface area contributed by atoms with Crippen molar-refractivity contribution in [2.24, 2.45) is 7.05 Å². The second kappa shape index (κ2) is 3.84. The van der Waals surface area contributed by atoms with Gasteiger partial charge >= 0.3 is 5.63 Å². The Balaban J connectivity index is 2.42. The molecule has 0 bridgehead atoms. The molecule has 4 heteroatoms. The van der Waals surface area contributed by atoms with E-state index in [0.29, 0.717) is 5.71 Å². The molecule has 0 atom stereocenters. The molecule has 0 spiro atoms. The van der Waals surface area contributed by atoms with Gasteiger partial charge in [0.15, 0.2) is 0 Å². The monoisotopic (exact) mass is 240 g/mol. The summed E-state index contributed by atoms with van der Waals surface area (Å²) in [5.41, 5.74) is 2.91. The van der Waals surface area contributed by atoms with Crippen molar-refractivity contribution in [2.45, 2.75) is 6.92 Å². The maximum atomic E-state index is 11.4. The normalized spacial score (nSPS) is 11.0. The minimum absolute atomic E-state index is 0.345. The van der Waals surface area contributed by atoms with E-state index in [1.807, 2.05) is 37.3 Å². The summed E-state index contributed by atoms with van der Waals surface area (Å²) < 4.78 is 6.82. The molecule has 0 aliphatic rings. The molecule has 2 aromatic heterocycles. The van der Waals surface area contributed by atoms with Crippen LogP contribution in [0.5, 0.6) is 0 Å². The van der Waals surface area contributed by atoms with Crippen molar-refractivity contribution in [1.29, 1.82) is 0 Å². The highest BCUT2D eigenvalue weighted by Crippen LogP contribution is 2.28. The summed E-state index contributed by atoms with van der Waals surface area (Å²) in [5.74, 6) is 0. The molecular formula is C14H12N2O2. The van der Waals surface area contributed by atoms with Crippen molar-refractivity contribution < 1.29 is 4.42 Å². The van der Waals surface area contributed by atoms with Crippen LogP contribution in [-0.2, 0) is 7.05 Å². The standard InChI is InChI=1S/C14H12N2O2/c1-9-8-11(17)18-14-12(9)13(15-16(14)2)10-6-4-3-5-7-10/h3-8H,1-2H3. The van der Waals surface area contributed by atoms with Gasteiger partial charge in [0.2, 0.25) is 5.71 Å². The van der Waals surface area contributed by atoms with Gasteiger partial charge in [-0.15, -0.1) is 0 Å². The van der Waals surface area contributed by atoms with Crippen LogP contribution in [0.15, 0.2) is 45.6 Å². The molecule has 0 fully saturated rings. The van der Waals surface area contributed by atoms with E-state index < -0.39 is 0 Å². The Bertz CT molecular complexity index is 770. The van der Waals surface area contributed by atoms with E-state index in [1.165, 1.54) is 6.07 Å².